The fourth-order valence-electron chi connectivity index (χ4n) is 2.04. The highest BCUT2D eigenvalue weighted by Crippen LogP contribution is 2.23. The third-order valence-electron chi connectivity index (χ3n) is 3.32. The average molecular weight is 346 g/mol. The van der Waals surface area contributed by atoms with Crippen LogP contribution in [0.1, 0.15) is 31.9 Å². The topological polar surface area (TPSA) is 93.0 Å². The number of hydrogen-bond acceptors (Lipinski definition) is 5. The predicted molar refractivity (Wildman–Crippen MR) is 99.2 cm³/mol. The molecule has 2 rings (SSSR count). The Hall–Kier alpha value is -2.28. The number of nitrogens with one attached hydrogen (secondary N) is 3. The number of aryl methyl sites for hydroxylation is 1. The van der Waals surface area contributed by atoms with Crippen LogP contribution in [-0.2, 0) is 4.74 Å². The molecule has 128 valence electrons. The summed E-state index contributed by atoms with van der Waals surface area (Å²) in [6.45, 7) is 7.31. The van der Waals surface area contributed by atoms with E-state index in [4.69, 9.17) is 15.6 Å². The number of carbonyl (C=O) groups is 1. The van der Waals surface area contributed by atoms with E-state index in [0.29, 0.717) is 5.56 Å². The van der Waals surface area contributed by atoms with E-state index in [9.17, 15) is 4.79 Å². The van der Waals surface area contributed by atoms with Crippen molar-refractivity contribution in [1.29, 1.82) is 10.8 Å². The lowest BCUT2D eigenvalue weighted by molar-refractivity contribution is 0.0405. The summed E-state index contributed by atoms with van der Waals surface area (Å²) in [5, 5.41) is 17.4. The van der Waals surface area contributed by atoms with Gasteiger partial charge in [-0.2, -0.15) is 0 Å². The molecule has 0 unspecified atom stereocenters. The van der Waals surface area contributed by atoms with Crippen LogP contribution in [0.3, 0.4) is 0 Å². The van der Waals surface area contributed by atoms with E-state index >= 15 is 0 Å². The number of aromatic nitrogens is 1. The zero-order valence-corrected chi connectivity index (χ0v) is 15.3. The van der Waals surface area contributed by atoms with Crippen LogP contribution in [0.15, 0.2) is 24.4 Å². The highest BCUT2D eigenvalue weighted by Gasteiger charge is 2.23. The lowest BCUT2D eigenvalue weighted by atomic mass is 10.1. The van der Waals surface area contributed by atoms with Gasteiger partial charge in [0, 0.05) is 29.7 Å². The van der Waals surface area contributed by atoms with Crippen LogP contribution in [0.25, 0.3) is 10.9 Å². The number of hydrogen-bond donors (Lipinski definition) is 3. The molecule has 0 aliphatic heterocycles. The van der Waals surface area contributed by atoms with Crippen LogP contribution in [0.5, 0.6) is 0 Å². The third-order valence-corrected chi connectivity index (χ3v) is 4.23. The molecule has 6 nitrogen and oxygen atoms in total. The smallest absolute Gasteiger partial charge is 0.416 e. The normalized spacial score (nSPS) is 11.4. The van der Waals surface area contributed by atoms with E-state index in [1.807, 2.05) is 31.3 Å². The number of amidine groups is 1. The van der Waals surface area contributed by atoms with Crippen LogP contribution in [-0.4, -0.2) is 38.8 Å². The number of benzene rings is 1. The minimum atomic E-state index is -0.624. The summed E-state index contributed by atoms with van der Waals surface area (Å²) >= 11 is 0.914. The molecule has 0 bridgehead atoms. The Morgan fingerprint density at radius 1 is 1.29 bits per heavy atom. The van der Waals surface area contributed by atoms with Gasteiger partial charge < -0.3 is 9.72 Å². The molecule has 1 aromatic heterocycles. The zero-order valence-electron chi connectivity index (χ0n) is 14.5. The van der Waals surface area contributed by atoms with Crippen molar-refractivity contribution in [3.63, 3.8) is 0 Å². The van der Waals surface area contributed by atoms with Crippen LogP contribution >= 0.6 is 11.8 Å². The van der Waals surface area contributed by atoms with E-state index < -0.39 is 11.7 Å². The number of fused-ring (bicyclic) bond motifs is 1. The second-order valence-corrected chi connectivity index (χ2v) is 7.51. The molecule has 1 aromatic carbocycles. The van der Waals surface area contributed by atoms with Gasteiger partial charge in [-0.05, 0) is 57.2 Å². The van der Waals surface area contributed by atoms with Crippen molar-refractivity contribution < 1.29 is 9.53 Å². The van der Waals surface area contributed by atoms with Gasteiger partial charge in [0.25, 0.3) is 0 Å². The second-order valence-electron chi connectivity index (χ2n) is 6.51. The molecule has 0 saturated carbocycles. The fourth-order valence-corrected chi connectivity index (χ4v) is 2.69. The first kappa shape index (κ1) is 18.1. The minimum absolute atomic E-state index is 0.0554. The Kier molecular flexibility index (Phi) is 5.03. The maximum absolute atomic E-state index is 12.0. The molecule has 24 heavy (non-hydrogen) atoms. The highest BCUT2D eigenvalue weighted by atomic mass is 32.2. The number of ether oxygens (including phenoxy) is 1. The molecular formula is C17H22N4O2S. The van der Waals surface area contributed by atoms with Crippen molar-refractivity contribution in [2.75, 3.05) is 7.05 Å². The lowest BCUT2D eigenvalue weighted by Crippen LogP contribution is -2.36. The first-order valence-corrected chi connectivity index (χ1v) is 8.30. The van der Waals surface area contributed by atoms with Gasteiger partial charge >= 0.3 is 6.09 Å². The van der Waals surface area contributed by atoms with Crippen molar-refractivity contribution in [2.45, 2.75) is 33.3 Å². The van der Waals surface area contributed by atoms with E-state index in [-0.39, 0.29) is 10.2 Å². The Labute approximate surface area is 145 Å². The van der Waals surface area contributed by atoms with Gasteiger partial charge in [-0.25, -0.2) is 4.79 Å². The minimum Gasteiger partial charge on any atom is -0.443 e. The van der Waals surface area contributed by atoms with E-state index in [1.165, 1.54) is 7.05 Å². The predicted octanol–water partition coefficient (Wildman–Crippen LogP) is 4.34. The molecule has 3 N–H and O–H groups in total. The summed E-state index contributed by atoms with van der Waals surface area (Å²) in [4.78, 5) is 16.2. The van der Waals surface area contributed by atoms with Gasteiger partial charge in [0.05, 0.1) is 0 Å². The summed E-state index contributed by atoms with van der Waals surface area (Å²) in [5.41, 5.74) is 2.19. The Morgan fingerprint density at radius 3 is 2.58 bits per heavy atom. The molecule has 0 spiro atoms. The standard InChI is InChI=1S/C17H22N4O2S/c1-10-9-20-13-7-6-11(8-12(10)13)14(18)24-15(19)21(5)16(22)23-17(2,3)4/h6-9,18-20H,1-5H3. The maximum atomic E-state index is 12.0. The largest absolute Gasteiger partial charge is 0.443 e. The molecule has 2 aromatic rings. The van der Waals surface area contributed by atoms with Gasteiger partial charge in [0.1, 0.15) is 10.6 Å². The van der Waals surface area contributed by atoms with Gasteiger partial charge in [0.15, 0.2) is 5.17 Å². The number of nitrogens with zero attached hydrogens (tertiary/aromatic N) is 1. The molecule has 0 aliphatic rings. The van der Waals surface area contributed by atoms with Crippen molar-refractivity contribution in [2.24, 2.45) is 0 Å². The summed E-state index contributed by atoms with van der Waals surface area (Å²) in [6, 6.07) is 5.65. The molecule has 0 radical (unpaired) electrons. The summed E-state index contributed by atoms with van der Waals surface area (Å²) in [5.74, 6) is 0. The molecule has 0 atom stereocenters. The molecule has 0 fully saturated rings. The summed E-state index contributed by atoms with van der Waals surface area (Å²) in [6.07, 6.45) is 1.31. The number of thioether (sulfide) groups is 1. The van der Waals surface area contributed by atoms with Gasteiger partial charge in [-0.1, -0.05) is 6.07 Å². The van der Waals surface area contributed by atoms with Crippen LogP contribution < -0.4 is 0 Å². The lowest BCUT2D eigenvalue weighted by Gasteiger charge is -2.24. The van der Waals surface area contributed by atoms with Crippen molar-refractivity contribution in [3.8, 4) is 0 Å². The zero-order chi connectivity index (χ0) is 18.1. The van der Waals surface area contributed by atoms with Gasteiger partial charge in [-0.15, -0.1) is 0 Å². The van der Waals surface area contributed by atoms with Crippen LogP contribution in [0.2, 0.25) is 0 Å². The van der Waals surface area contributed by atoms with Crippen molar-refractivity contribution in [1.82, 2.24) is 9.88 Å². The summed E-state index contributed by atoms with van der Waals surface area (Å²) < 4.78 is 5.23. The van der Waals surface area contributed by atoms with Gasteiger partial charge in [-0.3, -0.25) is 15.7 Å². The first-order valence-electron chi connectivity index (χ1n) is 7.48. The number of rotatable bonds is 1. The van der Waals surface area contributed by atoms with Crippen LogP contribution in [0, 0.1) is 17.7 Å². The summed E-state index contributed by atoms with van der Waals surface area (Å²) in [7, 11) is 1.47. The number of carbonyl (C=O) groups excluding carboxylic acids is 1. The first-order chi connectivity index (χ1) is 11.1. The quantitative estimate of drug-likeness (QED) is 0.530. The number of amides is 1. The number of aromatic amines is 1. The molecule has 0 aliphatic carbocycles. The molecule has 7 heteroatoms. The average Bonchev–Trinajstić information content (AvgIpc) is 2.85. The van der Waals surface area contributed by atoms with Crippen molar-refractivity contribution in [3.05, 3.63) is 35.5 Å². The Morgan fingerprint density at radius 2 is 1.96 bits per heavy atom. The van der Waals surface area contributed by atoms with E-state index in [1.54, 1.807) is 20.8 Å². The fraction of sp³-hybridized carbons (Fsp3) is 0.353. The monoisotopic (exact) mass is 346 g/mol. The van der Waals surface area contributed by atoms with E-state index in [0.717, 1.165) is 33.1 Å². The molecule has 1 amide bonds. The third kappa shape index (κ3) is 4.17. The second kappa shape index (κ2) is 6.68. The van der Waals surface area contributed by atoms with Gasteiger partial charge in [0.2, 0.25) is 0 Å². The highest BCUT2D eigenvalue weighted by molar-refractivity contribution is 8.26. The maximum Gasteiger partial charge on any atom is 0.416 e. The molecular weight excluding hydrogens is 324 g/mol. The Balaban J connectivity index is 2.08. The molecule has 0 saturated heterocycles. The van der Waals surface area contributed by atoms with E-state index in [2.05, 4.69) is 4.98 Å². The van der Waals surface area contributed by atoms with Crippen LogP contribution in [0.4, 0.5) is 4.79 Å². The number of H-pyrrole nitrogens is 1. The molecule has 1 heterocycles. The SMILES string of the molecule is Cc1c[nH]c2ccc(C(=N)SC(=N)N(C)C(=O)OC(C)(C)C)cc12. The Bertz CT molecular complexity index is 805. The van der Waals surface area contributed by atoms with Crippen molar-refractivity contribution >= 4 is 39.0 Å².